The van der Waals surface area contributed by atoms with Crippen LogP contribution in [0.4, 0.5) is 0 Å². The van der Waals surface area contributed by atoms with Crippen LogP contribution in [0.25, 0.3) is 0 Å². The topological polar surface area (TPSA) is 40.6 Å². The van der Waals surface area contributed by atoms with Gasteiger partial charge in [0.2, 0.25) is 11.8 Å². The molecule has 1 aliphatic rings. The average molecular weight is 278 g/mol. The third-order valence-corrected chi connectivity index (χ3v) is 4.18. The second kappa shape index (κ2) is 6.61. The van der Waals surface area contributed by atoms with Crippen molar-refractivity contribution in [2.45, 2.75) is 11.8 Å². The van der Waals surface area contributed by atoms with Gasteiger partial charge in [0.15, 0.2) is 0 Å². The molecule has 0 N–H and O–H groups in total. The third kappa shape index (κ3) is 3.99. The van der Waals surface area contributed by atoms with E-state index < -0.39 is 0 Å². The molecule has 1 heterocycles. The van der Waals surface area contributed by atoms with Crippen LogP contribution in [0.5, 0.6) is 0 Å². The van der Waals surface area contributed by atoms with Gasteiger partial charge in [-0.05, 0) is 12.1 Å². The minimum absolute atomic E-state index is 0.0887. The van der Waals surface area contributed by atoms with E-state index in [0.29, 0.717) is 31.9 Å². The van der Waals surface area contributed by atoms with Crippen molar-refractivity contribution in [3.05, 3.63) is 30.3 Å². The molecular weight excluding hydrogens is 260 g/mol. The Morgan fingerprint density at radius 2 is 1.63 bits per heavy atom. The summed E-state index contributed by atoms with van der Waals surface area (Å²) in [5.41, 5.74) is 0. The molecule has 0 saturated carbocycles. The van der Waals surface area contributed by atoms with Gasteiger partial charge in [-0.2, -0.15) is 0 Å². The summed E-state index contributed by atoms with van der Waals surface area (Å²) in [6.45, 7) is 4.17. The molecule has 0 aliphatic carbocycles. The van der Waals surface area contributed by atoms with Crippen LogP contribution >= 0.6 is 11.8 Å². The fourth-order valence-corrected chi connectivity index (χ4v) is 2.85. The van der Waals surface area contributed by atoms with E-state index in [1.165, 1.54) is 0 Å². The Balaban J connectivity index is 1.77. The number of nitrogens with zero attached hydrogens (tertiary/aromatic N) is 2. The van der Waals surface area contributed by atoms with Gasteiger partial charge in [0.1, 0.15) is 0 Å². The van der Waals surface area contributed by atoms with Crippen LogP contribution in [0, 0.1) is 0 Å². The highest BCUT2D eigenvalue weighted by Crippen LogP contribution is 2.17. The molecule has 0 radical (unpaired) electrons. The lowest BCUT2D eigenvalue weighted by Gasteiger charge is -2.34. The van der Waals surface area contributed by atoms with Gasteiger partial charge < -0.3 is 9.80 Å². The van der Waals surface area contributed by atoms with E-state index in [-0.39, 0.29) is 11.8 Å². The SMILES string of the molecule is CC(=O)N1CCN(C(=O)CSc2ccccc2)CC1. The molecule has 0 bridgehead atoms. The number of piperazine rings is 1. The molecule has 2 rings (SSSR count). The molecule has 1 aliphatic heterocycles. The highest BCUT2D eigenvalue weighted by molar-refractivity contribution is 8.00. The number of hydrogen-bond donors (Lipinski definition) is 0. The highest BCUT2D eigenvalue weighted by atomic mass is 32.2. The van der Waals surface area contributed by atoms with E-state index in [9.17, 15) is 9.59 Å². The first-order chi connectivity index (χ1) is 9.16. The monoisotopic (exact) mass is 278 g/mol. The first kappa shape index (κ1) is 13.9. The standard InChI is InChI=1S/C14H18N2O2S/c1-12(17)15-7-9-16(10-8-15)14(18)11-19-13-5-3-2-4-6-13/h2-6H,7-11H2,1H3. The molecule has 19 heavy (non-hydrogen) atoms. The molecule has 0 unspecified atom stereocenters. The molecule has 5 heteroatoms. The van der Waals surface area contributed by atoms with Crippen molar-refractivity contribution in [3.63, 3.8) is 0 Å². The Bertz CT molecular complexity index is 442. The summed E-state index contributed by atoms with van der Waals surface area (Å²) < 4.78 is 0. The zero-order valence-electron chi connectivity index (χ0n) is 11.0. The summed E-state index contributed by atoms with van der Waals surface area (Å²) >= 11 is 1.56. The lowest BCUT2D eigenvalue weighted by Crippen LogP contribution is -2.50. The van der Waals surface area contributed by atoms with Crippen molar-refractivity contribution in [1.82, 2.24) is 9.80 Å². The van der Waals surface area contributed by atoms with Crippen LogP contribution in [0.2, 0.25) is 0 Å². The van der Waals surface area contributed by atoms with E-state index in [1.807, 2.05) is 35.2 Å². The Morgan fingerprint density at radius 1 is 1.05 bits per heavy atom. The molecule has 102 valence electrons. The van der Waals surface area contributed by atoms with Gasteiger partial charge in [0.05, 0.1) is 5.75 Å². The maximum atomic E-state index is 12.0. The predicted molar refractivity (Wildman–Crippen MR) is 76.0 cm³/mol. The molecule has 4 nitrogen and oxygen atoms in total. The zero-order valence-corrected chi connectivity index (χ0v) is 11.9. The first-order valence-electron chi connectivity index (χ1n) is 6.38. The number of thioether (sulfide) groups is 1. The summed E-state index contributed by atoms with van der Waals surface area (Å²) in [7, 11) is 0. The molecule has 2 amide bonds. The van der Waals surface area contributed by atoms with Gasteiger partial charge in [-0.25, -0.2) is 0 Å². The number of benzene rings is 1. The van der Waals surface area contributed by atoms with E-state index in [1.54, 1.807) is 23.6 Å². The fourth-order valence-electron chi connectivity index (χ4n) is 2.02. The van der Waals surface area contributed by atoms with E-state index in [4.69, 9.17) is 0 Å². The maximum absolute atomic E-state index is 12.0. The Labute approximate surface area is 117 Å². The van der Waals surface area contributed by atoms with Crippen LogP contribution in [-0.2, 0) is 9.59 Å². The second-order valence-electron chi connectivity index (χ2n) is 4.49. The summed E-state index contributed by atoms with van der Waals surface area (Å²) in [4.78, 5) is 28.0. The molecule has 0 aromatic heterocycles. The summed E-state index contributed by atoms with van der Waals surface area (Å²) in [5, 5.41) is 0. The van der Waals surface area contributed by atoms with Crippen LogP contribution in [0.1, 0.15) is 6.92 Å². The first-order valence-corrected chi connectivity index (χ1v) is 7.36. The van der Waals surface area contributed by atoms with E-state index in [0.717, 1.165) is 4.90 Å². The Hall–Kier alpha value is -1.49. The van der Waals surface area contributed by atoms with E-state index in [2.05, 4.69) is 0 Å². The van der Waals surface area contributed by atoms with Gasteiger partial charge in [0, 0.05) is 38.0 Å². The largest absolute Gasteiger partial charge is 0.339 e. The van der Waals surface area contributed by atoms with Crippen molar-refractivity contribution < 1.29 is 9.59 Å². The Morgan fingerprint density at radius 3 is 2.21 bits per heavy atom. The quantitative estimate of drug-likeness (QED) is 0.786. The minimum atomic E-state index is 0.0887. The van der Waals surface area contributed by atoms with Gasteiger partial charge in [-0.3, -0.25) is 9.59 Å². The highest BCUT2D eigenvalue weighted by Gasteiger charge is 2.21. The van der Waals surface area contributed by atoms with Crippen molar-refractivity contribution in [3.8, 4) is 0 Å². The number of carbonyl (C=O) groups is 2. The molecule has 0 atom stereocenters. The molecule has 1 fully saturated rings. The van der Waals surface area contributed by atoms with Gasteiger partial charge in [0.25, 0.3) is 0 Å². The van der Waals surface area contributed by atoms with Crippen LogP contribution in [-0.4, -0.2) is 53.5 Å². The second-order valence-corrected chi connectivity index (χ2v) is 5.54. The molecule has 1 saturated heterocycles. The number of rotatable bonds is 3. The molecular formula is C14H18N2O2S. The molecule has 1 aromatic carbocycles. The fraction of sp³-hybridized carbons (Fsp3) is 0.429. The average Bonchev–Trinajstić information content (AvgIpc) is 2.46. The van der Waals surface area contributed by atoms with Crippen LogP contribution in [0.3, 0.4) is 0 Å². The smallest absolute Gasteiger partial charge is 0.233 e. The van der Waals surface area contributed by atoms with Crippen molar-refractivity contribution in [1.29, 1.82) is 0 Å². The van der Waals surface area contributed by atoms with Crippen LogP contribution in [0.15, 0.2) is 35.2 Å². The van der Waals surface area contributed by atoms with Gasteiger partial charge in [-0.1, -0.05) is 18.2 Å². The maximum Gasteiger partial charge on any atom is 0.233 e. The lowest BCUT2D eigenvalue weighted by molar-refractivity contribution is -0.136. The Kier molecular flexibility index (Phi) is 4.85. The van der Waals surface area contributed by atoms with Crippen LogP contribution < -0.4 is 0 Å². The van der Waals surface area contributed by atoms with Crippen molar-refractivity contribution in [2.24, 2.45) is 0 Å². The normalized spacial score (nSPS) is 15.4. The molecule has 1 aromatic rings. The third-order valence-electron chi connectivity index (χ3n) is 3.18. The summed E-state index contributed by atoms with van der Waals surface area (Å²) in [5.74, 6) is 0.701. The number of amides is 2. The van der Waals surface area contributed by atoms with Gasteiger partial charge in [-0.15, -0.1) is 11.8 Å². The minimum Gasteiger partial charge on any atom is -0.339 e. The van der Waals surface area contributed by atoms with Crippen molar-refractivity contribution >= 4 is 23.6 Å². The van der Waals surface area contributed by atoms with Crippen molar-refractivity contribution in [2.75, 3.05) is 31.9 Å². The summed E-state index contributed by atoms with van der Waals surface area (Å²) in [6.07, 6.45) is 0. The van der Waals surface area contributed by atoms with Gasteiger partial charge >= 0.3 is 0 Å². The predicted octanol–water partition coefficient (Wildman–Crippen LogP) is 1.47. The summed E-state index contributed by atoms with van der Waals surface area (Å²) in [6, 6.07) is 9.92. The number of carbonyl (C=O) groups excluding carboxylic acids is 2. The van der Waals surface area contributed by atoms with E-state index >= 15 is 0 Å². The lowest BCUT2D eigenvalue weighted by atomic mass is 10.3. The zero-order chi connectivity index (χ0) is 13.7. The molecule has 0 spiro atoms. The number of hydrogen-bond acceptors (Lipinski definition) is 3.